The second-order valence-corrected chi connectivity index (χ2v) is 5.56. The van der Waals surface area contributed by atoms with Gasteiger partial charge in [0.2, 0.25) is 0 Å². The summed E-state index contributed by atoms with van der Waals surface area (Å²) in [5.41, 5.74) is 1.86. The number of piperidine rings is 1. The summed E-state index contributed by atoms with van der Waals surface area (Å²) in [5, 5.41) is 9.01. The molecule has 0 spiro atoms. The highest BCUT2D eigenvalue weighted by atomic mass is 15.2. The van der Waals surface area contributed by atoms with Crippen molar-refractivity contribution in [3.05, 3.63) is 48.4 Å². The Morgan fingerprint density at radius 3 is 2.77 bits per heavy atom. The Labute approximate surface area is 130 Å². The molecule has 1 saturated heterocycles. The molecule has 5 heteroatoms. The van der Waals surface area contributed by atoms with Crippen molar-refractivity contribution in [2.45, 2.75) is 18.9 Å². The van der Waals surface area contributed by atoms with Crippen LogP contribution in [0.2, 0.25) is 0 Å². The van der Waals surface area contributed by atoms with Crippen LogP contribution in [-0.2, 0) is 0 Å². The molecule has 1 aromatic carbocycles. The Kier molecular flexibility index (Phi) is 4.19. The van der Waals surface area contributed by atoms with Crippen LogP contribution in [0, 0.1) is 11.3 Å². The van der Waals surface area contributed by atoms with Crippen LogP contribution in [0.1, 0.15) is 18.4 Å². The molecule has 3 rings (SSSR count). The smallest absolute Gasteiger partial charge is 0.131 e. The van der Waals surface area contributed by atoms with E-state index < -0.39 is 0 Å². The second-order valence-electron chi connectivity index (χ2n) is 5.56. The summed E-state index contributed by atoms with van der Waals surface area (Å²) < 4.78 is 0. The fourth-order valence-corrected chi connectivity index (χ4v) is 2.96. The average molecular weight is 293 g/mol. The van der Waals surface area contributed by atoms with E-state index in [9.17, 15) is 0 Å². The molecule has 0 amide bonds. The molecule has 112 valence electrons. The second kappa shape index (κ2) is 6.44. The maximum absolute atomic E-state index is 9.01. The topological polar surface area (TPSA) is 56.1 Å². The van der Waals surface area contributed by atoms with Crippen LogP contribution in [0.15, 0.2) is 42.9 Å². The molecule has 0 atom stereocenters. The zero-order valence-electron chi connectivity index (χ0n) is 12.7. The molecule has 22 heavy (non-hydrogen) atoms. The Bertz CT molecular complexity index is 656. The highest BCUT2D eigenvalue weighted by molar-refractivity contribution is 5.52. The molecular weight excluding hydrogens is 274 g/mol. The van der Waals surface area contributed by atoms with Gasteiger partial charge in [0, 0.05) is 38.1 Å². The first-order chi connectivity index (χ1) is 10.8. The van der Waals surface area contributed by atoms with Crippen molar-refractivity contribution in [3.8, 4) is 6.07 Å². The largest absolute Gasteiger partial charge is 0.371 e. The van der Waals surface area contributed by atoms with E-state index in [0.717, 1.165) is 43.0 Å². The van der Waals surface area contributed by atoms with Crippen molar-refractivity contribution in [2.24, 2.45) is 0 Å². The minimum Gasteiger partial charge on any atom is -0.371 e. The lowest BCUT2D eigenvalue weighted by atomic mass is 10.0. The van der Waals surface area contributed by atoms with Crippen molar-refractivity contribution >= 4 is 11.5 Å². The first-order valence-corrected chi connectivity index (χ1v) is 7.52. The lowest BCUT2D eigenvalue weighted by Crippen LogP contribution is -2.43. The number of nitriles is 1. The highest BCUT2D eigenvalue weighted by Gasteiger charge is 2.23. The van der Waals surface area contributed by atoms with Gasteiger partial charge in [-0.1, -0.05) is 6.07 Å². The molecule has 0 saturated carbocycles. The molecule has 0 unspecified atom stereocenters. The van der Waals surface area contributed by atoms with Gasteiger partial charge in [-0.25, -0.2) is 9.97 Å². The average Bonchev–Trinajstić information content (AvgIpc) is 2.62. The number of hydrogen-bond donors (Lipinski definition) is 0. The number of benzene rings is 1. The Morgan fingerprint density at radius 1 is 1.27 bits per heavy atom. The highest BCUT2D eigenvalue weighted by Crippen LogP contribution is 2.24. The van der Waals surface area contributed by atoms with Gasteiger partial charge in [-0.2, -0.15) is 5.26 Å². The van der Waals surface area contributed by atoms with Gasteiger partial charge >= 0.3 is 0 Å². The van der Waals surface area contributed by atoms with Crippen molar-refractivity contribution in [3.63, 3.8) is 0 Å². The van der Waals surface area contributed by atoms with Crippen molar-refractivity contribution in [2.75, 3.05) is 29.9 Å². The van der Waals surface area contributed by atoms with E-state index in [2.05, 4.69) is 39.0 Å². The van der Waals surface area contributed by atoms with Gasteiger partial charge in [0.25, 0.3) is 0 Å². The summed E-state index contributed by atoms with van der Waals surface area (Å²) in [4.78, 5) is 12.9. The van der Waals surface area contributed by atoms with Crippen LogP contribution < -0.4 is 9.80 Å². The van der Waals surface area contributed by atoms with Crippen LogP contribution in [-0.4, -0.2) is 36.1 Å². The van der Waals surface area contributed by atoms with Crippen LogP contribution in [0.25, 0.3) is 0 Å². The Balaban J connectivity index is 1.64. The molecule has 0 aliphatic carbocycles. The quantitative estimate of drug-likeness (QED) is 0.870. The standard InChI is InChI=1S/C17H19N5/c1-21(17-5-8-19-13-20-17)15-6-9-22(10-7-15)16-4-2-3-14(11-16)12-18/h2-5,8,11,13,15H,6-7,9-10H2,1H3. The van der Waals surface area contributed by atoms with Gasteiger partial charge in [0.05, 0.1) is 11.6 Å². The molecule has 2 aromatic rings. The van der Waals surface area contributed by atoms with E-state index in [1.54, 1.807) is 12.5 Å². The van der Waals surface area contributed by atoms with Gasteiger partial charge < -0.3 is 9.80 Å². The molecule has 0 radical (unpaired) electrons. The van der Waals surface area contributed by atoms with E-state index in [0.29, 0.717) is 6.04 Å². The van der Waals surface area contributed by atoms with E-state index in [1.807, 2.05) is 24.3 Å². The lowest BCUT2D eigenvalue weighted by Gasteiger charge is -2.38. The summed E-state index contributed by atoms with van der Waals surface area (Å²) >= 11 is 0. The van der Waals surface area contributed by atoms with Crippen molar-refractivity contribution in [1.29, 1.82) is 5.26 Å². The van der Waals surface area contributed by atoms with E-state index in [-0.39, 0.29) is 0 Å². The summed E-state index contributed by atoms with van der Waals surface area (Å²) in [6, 6.07) is 12.5. The summed E-state index contributed by atoms with van der Waals surface area (Å²) in [7, 11) is 2.10. The van der Waals surface area contributed by atoms with Gasteiger partial charge in [0.1, 0.15) is 12.1 Å². The number of aromatic nitrogens is 2. The summed E-state index contributed by atoms with van der Waals surface area (Å²) in [6.45, 7) is 1.99. The van der Waals surface area contributed by atoms with Crippen LogP contribution in [0.4, 0.5) is 11.5 Å². The lowest BCUT2D eigenvalue weighted by molar-refractivity contribution is 0.480. The predicted octanol–water partition coefficient (Wildman–Crippen LogP) is 2.45. The van der Waals surface area contributed by atoms with Gasteiger partial charge in [-0.15, -0.1) is 0 Å². The molecule has 0 N–H and O–H groups in total. The molecule has 5 nitrogen and oxygen atoms in total. The molecule has 1 aliphatic heterocycles. The Morgan fingerprint density at radius 2 is 2.09 bits per heavy atom. The molecule has 0 bridgehead atoms. The number of hydrogen-bond acceptors (Lipinski definition) is 5. The summed E-state index contributed by atoms with van der Waals surface area (Å²) in [6.07, 6.45) is 5.53. The van der Waals surface area contributed by atoms with E-state index in [1.165, 1.54) is 0 Å². The number of nitrogens with zero attached hydrogens (tertiary/aromatic N) is 5. The minimum absolute atomic E-state index is 0.491. The summed E-state index contributed by atoms with van der Waals surface area (Å²) in [5.74, 6) is 0.972. The number of rotatable bonds is 3. The molecule has 1 aliphatic rings. The van der Waals surface area contributed by atoms with E-state index >= 15 is 0 Å². The van der Waals surface area contributed by atoms with Crippen LogP contribution >= 0.6 is 0 Å². The SMILES string of the molecule is CN(c1ccncn1)C1CCN(c2cccc(C#N)c2)CC1. The molecular formula is C17H19N5. The van der Waals surface area contributed by atoms with Crippen LogP contribution in [0.5, 0.6) is 0 Å². The molecule has 2 heterocycles. The normalized spacial score (nSPS) is 15.4. The predicted molar refractivity (Wildman–Crippen MR) is 86.8 cm³/mol. The monoisotopic (exact) mass is 293 g/mol. The zero-order valence-corrected chi connectivity index (χ0v) is 12.7. The van der Waals surface area contributed by atoms with Crippen LogP contribution in [0.3, 0.4) is 0 Å². The fourth-order valence-electron chi connectivity index (χ4n) is 2.96. The fraction of sp³-hybridized carbons (Fsp3) is 0.353. The maximum atomic E-state index is 9.01. The third-order valence-electron chi connectivity index (χ3n) is 4.28. The molecule has 1 aromatic heterocycles. The zero-order chi connectivity index (χ0) is 15.4. The van der Waals surface area contributed by atoms with Gasteiger partial charge in [-0.3, -0.25) is 0 Å². The van der Waals surface area contributed by atoms with Crippen molar-refractivity contribution in [1.82, 2.24) is 9.97 Å². The van der Waals surface area contributed by atoms with E-state index in [4.69, 9.17) is 5.26 Å². The first-order valence-electron chi connectivity index (χ1n) is 7.52. The first kappa shape index (κ1) is 14.3. The number of anilines is 2. The third kappa shape index (κ3) is 3.01. The molecule has 1 fully saturated rings. The minimum atomic E-state index is 0.491. The van der Waals surface area contributed by atoms with Gasteiger partial charge in [-0.05, 0) is 37.1 Å². The third-order valence-corrected chi connectivity index (χ3v) is 4.28. The Hall–Kier alpha value is -2.61. The maximum Gasteiger partial charge on any atom is 0.131 e. The van der Waals surface area contributed by atoms with Crippen molar-refractivity contribution < 1.29 is 0 Å². The van der Waals surface area contributed by atoms with Gasteiger partial charge in [0.15, 0.2) is 0 Å².